The molecule has 1 heterocycles. The molecule has 0 saturated heterocycles. The molecule has 0 spiro atoms. The summed E-state index contributed by atoms with van der Waals surface area (Å²) in [4.78, 5) is 15.3. The van der Waals surface area contributed by atoms with Gasteiger partial charge in [0.1, 0.15) is 5.70 Å². The van der Waals surface area contributed by atoms with E-state index in [2.05, 4.69) is 11.6 Å². The molecule has 0 unspecified atom stereocenters. The molecule has 6 nitrogen and oxygen atoms in total. The highest BCUT2D eigenvalue weighted by atomic mass is 32.2. The third-order valence-electron chi connectivity index (χ3n) is 3.09. The van der Waals surface area contributed by atoms with Crippen molar-refractivity contribution < 1.29 is 17.9 Å². The van der Waals surface area contributed by atoms with Crippen molar-refractivity contribution in [1.82, 2.24) is 4.31 Å². The Hall–Kier alpha value is -1.99. The summed E-state index contributed by atoms with van der Waals surface area (Å²) < 4.78 is 31.2. The van der Waals surface area contributed by atoms with Crippen LogP contribution in [0.4, 0.5) is 0 Å². The van der Waals surface area contributed by atoms with E-state index in [1.807, 2.05) is 0 Å². The molecule has 1 aromatic carbocycles. The zero-order chi connectivity index (χ0) is 15.6. The summed E-state index contributed by atoms with van der Waals surface area (Å²) in [6.45, 7) is 7.77. The number of hydrogen-bond donors (Lipinski definition) is 0. The molecule has 0 bridgehead atoms. The Morgan fingerprint density at radius 1 is 1.29 bits per heavy atom. The summed E-state index contributed by atoms with van der Waals surface area (Å²) in [5.41, 5.74) is 0.428. The fourth-order valence-corrected chi connectivity index (χ4v) is 3.47. The summed E-state index contributed by atoms with van der Waals surface area (Å²) in [5.74, 6) is -0.552. The van der Waals surface area contributed by atoms with Gasteiger partial charge in [-0.05, 0) is 18.2 Å². The first-order valence-electron chi connectivity index (χ1n) is 6.50. The average Bonchev–Trinajstić information content (AvgIpc) is 2.80. The van der Waals surface area contributed by atoms with Crippen molar-refractivity contribution in [2.75, 3.05) is 13.1 Å². The molecular formula is C14H16N2O4S. The number of ether oxygens (including phenoxy) is 1. The molecule has 0 saturated carbocycles. The average molecular weight is 308 g/mol. The minimum absolute atomic E-state index is 0.00185. The Morgan fingerprint density at radius 3 is 2.48 bits per heavy atom. The number of benzene rings is 1. The Balaban J connectivity index is 2.42. The normalized spacial score (nSPS) is 15.3. The van der Waals surface area contributed by atoms with Gasteiger partial charge in [0.25, 0.3) is 0 Å². The smallest absolute Gasteiger partial charge is 0.363 e. The van der Waals surface area contributed by atoms with E-state index in [4.69, 9.17) is 4.74 Å². The molecule has 0 radical (unpaired) electrons. The Kier molecular flexibility index (Phi) is 4.24. The predicted octanol–water partition coefficient (Wildman–Crippen LogP) is 1.53. The second-order valence-electron chi connectivity index (χ2n) is 4.37. The molecule has 0 N–H and O–H groups in total. The third-order valence-corrected chi connectivity index (χ3v) is 5.13. The highest BCUT2D eigenvalue weighted by Crippen LogP contribution is 2.20. The fraction of sp³-hybridized carbons (Fsp3) is 0.286. The van der Waals surface area contributed by atoms with E-state index in [-0.39, 0.29) is 16.5 Å². The maximum Gasteiger partial charge on any atom is 0.363 e. The van der Waals surface area contributed by atoms with Crippen LogP contribution in [0.25, 0.3) is 0 Å². The van der Waals surface area contributed by atoms with E-state index >= 15 is 0 Å². The van der Waals surface area contributed by atoms with Crippen molar-refractivity contribution in [2.45, 2.75) is 18.7 Å². The van der Waals surface area contributed by atoms with Gasteiger partial charge in [0, 0.05) is 18.7 Å². The van der Waals surface area contributed by atoms with Gasteiger partial charge in [0.05, 0.1) is 4.90 Å². The molecule has 2 rings (SSSR count). The minimum atomic E-state index is -3.56. The molecule has 1 aliphatic rings. The van der Waals surface area contributed by atoms with Crippen molar-refractivity contribution in [3.05, 3.63) is 42.1 Å². The summed E-state index contributed by atoms with van der Waals surface area (Å²) in [6, 6.07) is 6.16. The lowest BCUT2D eigenvalue weighted by atomic mass is 10.2. The number of sulfonamides is 1. The molecule has 0 amide bonds. The van der Waals surface area contributed by atoms with E-state index in [0.29, 0.717) is 18.7 Å². The van der Waals surface area contributed by atoms with Crippen LogP contribution in [0.1, 0.15) is 19.4 Å². The minimum Gasteiger partial charge on any atom is -0.402 e. The van der Waals surface area contributed by atoms with E-state index in [1.54, 1.807) is 26.0 Å². The Labute approximate surface area is 123 Å². The zero-order valence-corrected chi connectivity index (χ0v) is 12.7. The summed E-state index contributed by atoms with van der Waals surface area (Å²) in [5, 5.41) is 0. The number of hydrogen-bond acceptors (Lipinski definition) is 5. The molecule has 1 aromatic rings. The predicted molar refractivity (Wildman–Crippen MR) is 78.3 cm³/mol. The third kappa shape index (κ3) is 2.88. The maximum atomic E-state index is 12.5. The van der Waals surface area contributed by atoms with E-state index < -0.39 is 16.0 Å². The van der Waals surface area contributed by atoms with Crippen molar-refractivity contribution in [1.29, 1.82) is 0 Å². The Bertz CT molecular complexity index is 718. The van der Waals surface area contributed by atoms with Crippen molar-refractivity contribution in [2.24, 2.45) is 4.99 Å². The Morgan fingerprint density at radius 2 is 1.95 bits per heavy atom. The lowest BCUT2D eigenvalue weighted by Gasteiger charge is -2.18. The van der Waals surface area contributed by atoms with E-state index in [9.17, 15) is 13.2 Å². The van der Waals surface area contributed by atoms with Crippen LogP contribution in [-0.2, 0) is 19.6 Å². The quantitative estimate of drug-likeness (QED) is 0.610. The van der Waals surface area contributed by atoms with Crippen molar-refractivity contribution in [3.8, 4) is 0 Å². The number of rotatable bonds is 5. The number of cyclic esters (lactones) is 1. The van der Waals surface area contributed by atoms with Crippen LogP contribution in [0.5, 0.6) is 0 Å². The van der Waals surface area contributed by atoms with Gasteiger partial charge in [-0.3, -0.25) is 0 Å². The van der Waals surface area contributed by atoms with Crippen molar-refractivity contribution in [3.63, 3.8) is 0 Å². The van der Waals surface area contributed by atoms with Gasteiger partial charge < -0.3 is 4.74 Å². The van der Waals surface area contributed by atoms with Crippen LogP contribution < -0.4 is 0 Å². The highest BCUT2D eigenvalue weighted by molar-refractivity contribution is 7.89. The largest absolute Gasteiger partial charge is 0.402 e. The van der Waals surface area contributed by atoms with E-state index in [1.165, 1.54) is 16.4 Å². The first kappa shape index (κ1) is 15.4. The van der Waals surface area contributed by atoms with E-state index in [0.717, 1.165) is 0 Å². The molecule has 0 aliphatic carbocycles. The number of nitrogens with zero attached hydrogens (tertiary/aromatic N) is 2. The monoisotopic (exact) mass is 308 g/mol. The van der Waals surface area contributed by atoms with Crippen molar-refractivity contribution >= 4 is 21.9 Å². The van der Waals surface area contributed by atoms with Gasteiger partial charge >= 0.3 is 5.97 Å². The van der Waals surface area contributed by atoms with Crippen LogP contribution in [0.3, 0.4) is 0 Å². The molecule has 0 atom stereocenters. The van der Waals surface area contributed by atoms with Gasteiger partial charge in [-0.25, -0.2) is 18.2 Å². The maximum absolute atomic E-state index is 12.5. The van der Waals surface area contributed by atoms with Gasteiger partial charge in [-0.2, -0.15) is 4.31 Å². The van der Waals surface area contributed by atoms with Crippen LogP contribution in [0.15, 0.2) is 46.4 Å². The lowest BCUT2D eigenvalue weighted by molar-refractivity contribution is -0.129. The van der Waals surface area contributed by atoms with Gasteiger partial charge in [-0.15, -0.1) is 0 Å². The zero-order valence-electron chi connectivity index (χ0n) is 11.9. The van der Waals surface area contributed by atoms with Gasteiger partial charge in [0.15, 0.2) is 0 Å². The molecule has 1 aliphatic heterocycles. The summed E-state index contributed by atoms with van der Waals surface area (Å²) >= 11 is 0. The number of carbonyl (C=O) groups excluding carboxylic acids is 1. The number of esters is 1. The lowest BCUT2D eigenvalue weighted by Crippen LogP contribution is -2.30. The molecular weight excluding hydrogens is 292 g/mol. The number of carbonyl (C=O) groups is 1. The molecule has 0 fully saturated rings. The van der Waals surface area contributed by atoms with Crippen LogP contribution in [-0.4, -0.2) is 37.7 Å². The van der Waals surface area contributed by atoms with Crippen LogP contribution in [0, 0.1) is 0 Å². The molecule has 21 heavy (non-hydrogen) atoms. The van der Waals surface area contributed by atoms with Crippen LogP contribution in [0.2, 0.25) is 0 Å². The fourth-order valence-electron chi connectivity index (χ4n) is 1.96. The summed E-state index contributed by atoms with van der Waals surface area (Å²) in [6.07, 6.45) is 0. The first-order chi connectivity index (χ1) is 9.90. The topological polar surface area (TPSA) is 76.0 Å². The first-order valence-corrected chi connectivity index (χ1v) is 7.94. The molecule has 7 heteroatoms. The standard InChI is InChI=1S/C14H16N2O4S/c1-4-16(5-2)21(18,19)12-8-6-7-11(9-12)13-15-10(3)14(17)20-13/h6-9H,3-5H2,1-2H3. The molecule has 112 valence electrons. The molecule has 0 aromatic heterocycles. The van der Waals surface area contributed by atoms with Crippen LogP contribution >= 0.6 is 0 Å². The SMILES string of the molecule is C=C1N=C(c2cccc(S(=O)(=O)N(CC)CC)c2)OC1=O. The van der Waals surface area contributed by atoms with Gasteiger partial charge in [0.2, 0.25) is 15.9 Å². The second-order valence-corrected chi connectivity index (χ2v) is 6.31. The highest BCUT2D eigenvalue weighted by Gasteiger charge is 2.25. The number of aliphatic imine (C=N–C) groups is 1. The van der Waals surface area contributed by atoms with Gasteiger partial charge in [-0.1, -0.05) is 26.5 Å². The summed E-state index contributed by atoms with van der Waals surface area (Å²) in [7, 11) is -3.56. The second kappa shape index (κ2) is 5.79.